The highest BCUT2D eigenvalue weighted by molar-refractivity contribution is 7.92. The highest BCUT2D eigenvalue weighted by Gasteiger charge is 2.33. The third-order valence-electron chi connectivity index (χ3n) is 6.29. The highest BCUT2D eigenvalue weighted by atomic mass is 35.5. The van der Waals surface area contributed by atoms with Gasteiger partial charge in [-0.1, -0.05) is 64.6 Å². The second-order valence-electron chi connectivity index (χ2n) is 9.85. The van der Waals surface area contributed by atoms with Crippen molar-refractivity contribution in [1.82, 2.24) is 10.2 Å². The zero-order valence-electron chi connectivity index (χ0n) is 22.9. The normalized spacial score (nSPS) is 12.2. The maximum atomic E-state index is 14.0. The van der Waals surface area contributed by atoms with E-state index in [4.69, 9.17) is 34.8 Å². The Morgan fingerprint density at radius 3 is 2.10 bits per heavy atom. The maximum absolute atomic E-state index is 14.0. The topological polar surface area (TPSA) is 86.8 Å². The fraction of sp³-hybridized carbons (Fsp3) is 0.310. The maximum Gasteiger partial charge on any atom is 0.264 e. The Balaban J connectivity index is 2.08. The van der Waals surface area contributed by atoms with Gasteiger partial charge in [-0.15, -0.1) is 0 Å². The van der Waals surface area contributed by atoms with Crippen LogP contribution in [0.25, 0.3) is 0 Å². The molecule has 0 unspecified atom stereocenters. The van der Waals surface area contributed by atoms with Crippen molar-refractivity contribution in [2.24, 2.45) is 0 Å². The van der Waals surface area contributed by atoms with Gasteiger partial charge >= 0.3 is 0 Å². The van der Waals surface area contributed by atoms with Crippen molar-refractivity contribution in [3.8, 4) is 0 Å². The number of carbonyl (C=O) groups is 2. The summed E-state index contributed by atoms with van der Waals surface area (Å²) in [6.45, 7) is 8.22. The molecule has 2 amide bonds. The molecular formula is C29H32Cl3N3O4S. The van der Waals surface area contributed by atoms with E-state index in [9.17, 15) is 18.0 Å². The summed E-state index contributed by atoms with van der Waals surface area (Å²) >= 11 is 18.8. The van der Waals surface area contributed by atoms with Gasteiger partial charge in [0.1, 0.15) is 12.6 Å². The van der Waals surface area contributed by atoms with Crippen molar-refractivity contribution in [2.45, 2.75) is 58.1 Å². The first kappa shape index (κ1) is 31.7. The van der Waals surface area contributed by atoms with Gasteiger partial charge in [0.25, 0.3) is 10.0 Å². The number of anilines is 1. The molecule has 3 aromatic rings. The minimum atomic E-state index is -4.20. The van der Waals surface area contributed by atoms with E-state index in [1.165, 1.54) is 23.1 Å². The van der Waals surface area contributed by atoms with Crippen LogP contribution in [0.15, 0.2) is 65.6 Å². The molecule has 0 aliphatic heterocycles. The molecule has 0 radical (unpaired) electrons. The van der Waals surface area contributed by atoms with Gasteiger partial charge in [0.15, 0.2) is 0 Å². The van der Waals surface area contributed by atoms with Crippen LogP contribution in [0.3, 0.4) is 0 Å². The second kappa shape index (κ2) is 13.3. The minimum Gasteiger partial charge on any atom is -0.352 e. The summed E-state index contributed by atoms with van der Waals surface area (Å²) < 4.78 is 28.8. The van der Waals surface area contributed by atoms with Crippen LogP contribution < -0.4 is 9.62 Å². The number of carbonyl (C=O) groups excluding carboxylic acids is 2. The van der Waals surface area contributed by atoms with Crippen LogP contribution in [-0.2, 0) is 26.2 Å². The molecule has 0 saturated carbocycles. The van der Waals surface area contributed by atoms with Crippen molar-refractivity contribution in [1.29, 1.82) is 0 Å². The van der Waals surface area contributed by atoms with Crippen LogP contribution in [0.5, 0.6) is 0 Å². The Kier molecular flexibility index (Phi) is 10.5. The Labute approximate surface area is 251 Å². The summed E-state index contributed by atoms with van der Waals surface area (Å²) in [6.07, 6.45) is 0. The average molecular weight is 625 g/mol. The van der Waals surface area contributed by atoms with E-state index in [0.29, 0.717) is 20.6 Å². The Morgan fingerprint density at radius 2 is 1.52 bits per heavy atom. The summed E-state index contributed by atoms with van der Waals surface area (Å²) in [6, 6.07) is 14.9. The lowest BCUT2D eigenvalue weighted by atomic mass is 10.1. The van der Waals surface area contributed by atoms with Gasteiger partial charge in [-0.05, 0) is 82.1 Å². The number of amides is 2. The van der Waals surface area contributed by atoms with Crippen LogP contribution in [-0.4, -0.2) is 43.8 Å². The van der Waals surface area contributed by atoms with Crippen molar-refractivity contribution in [3.63, 3.8) is 0 Å². The summed E-state index contributed by atoms with van der Waals surface area (Å²) in [5, 5.41) is 3.90. The number of hydrogen-bond donors (Lipinski definition) is 1. The predicted octanol–water partition coefficient (Wildman–Crippen LogP) is 6.40. The van der Waals surface area contributed by atoms with Crippen molar-refractivity contribution in [3.05, 3.63) is 92.4 Å². The molecular weight excluding hydrogens is 593 g/mol. The van der Waals surface area contributed by atoms with E-state index in [2.05, 4.69) is 5.32 Å². The van der Waals surface area contributed by atoms with E-state index in [-0.39, 0.29) is 29.1 Å². The Hall–Kier alpha value is -2.78. The van der Waals surface area contributed by atoms with Crippen LogP contribution in [0, 0.1) is 13.8 Å². The number of benzene rings is 3. The molecule has 0 aliphatic rings. The van der Waals surface area contributed by atoms with Crippen LogP contribution in [0.4, 0.5) is 5.69 Å². The third kappa shape index (κ3) is 7.69. The number of nitrogens with zero attached hydrogens (tertiary/aromatic N) is 2. The molecule has 214 valence electrons. The van der Waals surface area contributed by atoms with E-state index >= 15 is 0 Å². The Bertz CT molecular complexity index is 1490. The van der Waals surface area contributed by atoms with Crippen molar-refractivity contribution < 1.29 is 18.0 Å². The molecule has 1 N–H and O–H groups in total. The van der Waals surface area contributed by atoms with Gasteiger partial charge in [0, 0.05) is 27.7 Å². The molecule has 3 rings (SSSR count). The number of aryl methyl sites for hydroxylation is 2. The SMILES string of the molecule is Cc1ccc(S(=O)(=O)N(CC(=O)N(Cc2ccc(Cl)cc2Cl)[C@H](C)C(=O)NC(C)C)c2ccc(C)c(Cl)c2)cc1. The molecule has 0 heterocycles. The van der Waals surface area contributed by atoms with Gasteiger partial charge in [-0.2, -0.15) is 0 Å². The largest absolute Gasteiger partial charge is 0.352 e. The first-order valence-corrected chi connectivity index (χ1v) is 15.2. The lowest BCUT2D eigenvalue weighted by Gasteiger charge is -2.32. The molecule has 0 aliphatic carbocycles. The molecule has 40 heavy (non-hydrogen) atoms. The van der Waals surface area contributed by atoms with Gasteiger partial charge in [-0.3, -0.25) is 13.9 Å². The monoisotopic (exact) mass is 623 g/mol. The quantitative estimate of drug-likeness (QED) is 0.283. The number of halogens is 3. The van der Waals surface area contributed by atoms with E-state index in [0.717, 1.165) is 15.4 Å². The predicted molar refractivity (Wildman–Crippen MR) is 162 cm³/mol. The number of hydrogen-bond acceptors (Lipinski definition) is 4. The van der Waals surface area contributed by atoms with E-state index < -0.39 is 28.5 Å². The zero-order chi connectivity index (χ0) is 29.8. The van der Waals surface area contributed by atoms with Crippen LogP contribution in [0.1, 0.15) is 37.5 Å². The number of sulfonamides is 1. The Morgan fingerprint density at radius 1 is 0.875 bits per heavy atom. The molecule has 1 atom stereocenters. The molecule has 11 heteroatoms. The molecule has 0 saturated heterocycles. The minimum absolute atomic E-state index is 0.0143. The zero-order valence-corrected chi connectivity index (χ0v) is 26.0. The molecule has 0 bridgehead atoms. The second-order valence-corrected chi connectivity index (χ2v) is 13.0. The molecule has 0 fully saturated rings. The first-order valence-electron chi connectivity index (χ1n) is 12.6. The standard InChI is InChI=1S/C29H32Cl3N3O4S/c1-18(2)33-29(37)21(5)34(16-22-9-10-23(30)14-27(22)32)28(36)17-35(24-11-8-20(4)26(31)15-24)40(38,39)25-12-6-19(3)7-13-25/h6-15,18,21H,16-17H2,1-5H3,(H,33,37)/t21-/m1/s1. The number of rotatable bonds is 10. The highest BCUT2D eigenvalue weighted by Crippen LogP contribution is 2.29. The van der Waals surface area contributed by atoms with Crippen LogP contribution >= 0.6 is 34.8 Å². The van der Waals surface area contributed by atoms with Crippen LogP contribution in [0.2, 0.25) is 15.1 Å². The van der Waals surface area contributed by atoms with E-state index in [1.54, 1.807) is 56.3 Å². The third-order valence-corrected chi connectivity index (χ3v) is 9.07. The molecule has 3 aromatic carbocycles. The van der Waals surface area contributed by atoms with Gasteiger partial charge in [-0.25, -0.2) is 8.42 Å². The summed E-state index contributed by atoms with van der Waals surface area (Å²) in [4.78, 5) is 28.3. The van der Waals surface area contributed by atoms with Crippen molar-refractivity contribution >= 4 is 62.3 Å². The lowest BCUT2D eigenvalue weighted by Crippen LogP contribution is -2.52. The van der Waals surface area contributed by atoms with E-state index in [1.807, 2.05) is 20.8 Å². The fourth-order valence-electron chi connectivity index (χ4n) is 3.92. The molecule has 7 nitrogen and oxygen atoms in total. The summed E-state index contributed by atoms with van der Waals surface area (Å²) in [5.74, 6) is -0.996. The first-order chi connectivity index (χ1) is 18.7. The fourth-order valence-corrected chi connectivity index (χ4v) is 5.97. The molecule has 0 spiro atoms. The van der Waals surface area contributed by atoms with Gasteiger partial charge < -0.3 is 10.2 Å². The summed E-state index contributed by atoms with van der Waals surface area (Å²) in [7, 11) is -4.20. The average Bonchev–Trinajstić information content (AvgIpc) is 2.87. The summed E-state index contributed by atoms with van der Waals surface area (Å²) in [5.41, 5.74) is 2.40. The smallest absolute Gasteiger partial charge is 0.264 e. The van der Waals surface area contributed by atoms with Crippen molar-refractivity contribution in [2.75, 3.05) is 10.8 Å². The lowest BCUT2D eigenvalue weighted by molar-refractivity contribution is -0.139. The molecule has 0 aromatic heterocycles. The van der Waals surface area contributed by atoms with Gasteiger partial charge in [0.05, 0.1) is 10.6 Å². The number of nitrogens with one attached hydrogen (secondary N) is 1. The van der Waals surface area contributed by atoms with Gasteiger partial charge in [0.2, 0.25) is 11.8 Å².